The molecule has 0 rings (SSSR count). The van der Waals surface area contributed by atoms with Gasteiger partial charge in [-0.1, -0.05) is 0 Å². The van der Waals surface area contributed by atoms with E-state index in [0.29, 0.717) is 0 Å². The van der Waals surface area contributed by atoms with Crippen LogP contribution in [0.5, 0.6) is 0 Å². The van der Waals surface area contributed by atoms with Crippen LogP contribution in [0.25, 0.3) is 0 Å². The number of rotatable bonds is 3. The summed E-state index contributed by atoms with van der Waals surface area (Å²) in [6, 6.07) is 0. The van der Waals surface area contributed by atoms with Crippen molar-refractivity contribution in [2.45, 2.75) is 6.43 Å². The van der Waals surface area contributed by atoms with Gasteiger partial charge in [0.1, 0.15) is 0 Å². The van der Waals surface area contributed by atoms with Gasteiger partial charge in [-0.3, -0.25) is 4.55 Å². The molecular weight excluding hydrogens is 156 g/mol. The molecule has 0 aromatic heterocycles. The maximum atomic E-state index is 11.1. The highest BCUT2D eigenvalue weighted by molar-refractivity contribution is 7.83. The largest absolute Gasteiger partial charge is 0.333 e. The maximum Gasteiger partial charge on any atom is 0.333 e. The number of hydrogen-bond acceptors (Lipinski definition) is 2. The summed E-state index contributed by atoms with van der Waals surface area (Å²) in [5, 5.41) is 0. The Morgan fingerprint density at radius 1 is 1.56 bits per heavy atom. The first-order valence-electron chi connectivity index (χ1n) is 1.92. The molecule has 0 aromatic carbocycles. The molecule has 0 aliphatic heterocycles. The van der Waals surface area contributed by atoms with Crippen molar-refractivity contribution in [2.24, 2.45) is 0 Å². The van der Waals surface area contributed by atoms with Crippen molar-refractivity contribution in [3.05, 3.63) is 0 Å². The lowest BCUT2D eigenvalue weighted by Crippen LogP contribution is -2.27. The van der Waals surface area contributed by atoms with Gasteiger partial charge in [0.15, 0.2) is 0 Å². The Morgan fingerprint density at radius 2 is 2.00 bits per heavy atom. The van der Waals surface area contributed by atoms with Gasteiger partial charge in [0, 0.05) is 0 Å². The van der Waals surface area contributed by atoms with Crippen molar-refractivity contribution in [2.75, 3.05) is 6.54 Å². The van der Waals surface area contributed by atoms with E-state index in [1.54, 1.807) is 0 Å². The van der Waals surface area contributed by atoms with Crippen molar-refractivity contribution in [1.82, 2.24) is 4.72 Å². The van der Waals surface area contributed by atoms with Crippen LogP contribution < -0.4 is 4.72 Å². The lowest BCUT2D eigenvalue weighted by atomic mass is 10.7. The molecule has 2 N–H and O–H groups in total. The summed E-state index contributed by atoms with van der Waals surface area (Å²) >= 11 is 0. The average Bonchev–Trinajstić information content (AvgIpc) is 1.59. The third-order valence-corrected chi connectivity index (χ3v) is 0.952. The first-order chi connectivity index (χ1) is 3.92. The monoisotopic (exact) mass is 161 g/mol. The second kappa shape index (κ2) is 3.04. The average molecular weight is 161 g/mol. The molecule has 0 atom stereocenters. The predicted molar refractivity (Wildman–Crippen MR) is 25.6 cm³/mol. The van der Waals surface area contributed by atoms with Gasteiger partial charge in [-0.25, -0.2) is 8.78 Å². The third-order valence-electron chi connectivity index (χ3n) is 0.420. The number of halogens is 2. The molecule has 0 bridgehead atoms. The van der Waals surface area contributed by atoms with E-state index < -0.39 is 23.3 Å². The second-order valence-electron chi connectivity index (χ2n) is 1.21. The molecule has 56 valence electrons. The van der Waals surface area contributed by atoms with E-state index in [1.807, 2.05) is 0 Å². The highest BCUT2D eigenvalue weighted by Gasteiger charge is 2.07. The Hall–Kier alpha value is -0.270. The van der Waals surface area contributed by atoms with Crippen LogP contribution in [0.1, 0.15) is 0 Å². The van der Waals surface area contributed by atoms with E-state index in [-0.39, 0.29) is 0 Å². The maximum absolute atomic E-state index is 11.1. The van der Waals surface area contributed by atoms with Crippen LogP contribution in [0, 0.1) is 0 Å². The molecule has 9 heavy (non-hydrogen) atoms. The van der Waals surface area contributed by atoms with Crippen LogP contribution in [-0.2, 0) is 10.3 Å². The fraction of sp³-hybridized carbons (Fsp3) is 1.00. The summed E-state index contributed by atoms with van der Waals surface area (Å²) in [5.74, 6) is 0. The smallest absolute Gasteiger partial charge is 0.273 e. The van der Waals surface area contributed by atoms with Gasteiger partial charge in [0.25, 0.3) is 6.43 Å². The van der Waals surface area contributed by atoms with Gasteiger partial charge in [0.2, 0.25) is 0 Å². The summed E-state index contributed by atoms with van der Waals surface area (Å²) in [4.78, 5) is 0. The van der Waals surface area contributed by atoms with Gasteiger partial charge in [-0.15, -0.1) is 0 Å². The van der Waals surface area contributed by atoms with E-state index >= 15 is 0 Å². The lowest BCUT2D eigenvalue weighted by molar-refractivity contribution is 0.152. The second-order valence-corrected chi connectivity index (χ2v) is 2.45. The van der Waals surface area contributed by atoms with Crippen molar-refractivity contribution in [3.8, 4) is 0 Å². The Morgan fingerprint density at radius 3 is 2.11 bits per heavy atom. The number of alkyl halides is 2. The summed E-state index contributed by atoms with van der Waals surface area (Å²) in [5.41, 5.74) is 0. The molecule has 0 fully saturated rings. The van der Waals surface area contributed by atoms with Crippen molar-refractivity contribution >= 4 is 10.3 Å². The van der Waals surface area contributed by atoms with E-state index in [0.717, 1.165) is 0 Å². The molecule has 0 aromatic rings. The minimum absolute atomic E-state index is 1.06. The zero-order valence-corrected chi connectivity index (χ0v) is 5.03. The molecule has 0 saturated carbocycles. The van der Waals surface area contributed by atoms with Gasteiger partial charge < -0.3 is 0 Å². The zero-order chi connectivity index (χ0) is 7.49. The molecule has 0 saturated heterocycles. The van der Waals surface area contributed by atoms with Gasteiger partial charge in [0.05, 0.1) is 6.54 Å². The third kappa shape index (κ3) is 7.73. The van der Waals surface area contributed by atoms with Crippen LogP contribution in [0.4, 0.5) is 8.78 Å². The molecular formula is C2H5F2NO3S. The molecule has 7 heteroatoms. The first-order valence-corrected chi connectivity index (χ1v) is 3.36. The molecule has 0 heterocycles. The van der Waals surface area contributed by atoms with Crippen molar-refractivity contribution in [3.63, 3.8) is 0 Å². The lowest BCUT2D eigenvalue weighted by Gasteiger charge is -1.96. The van der Waals surface area contributed by atoms with Crippen LogP contribution in [0.15, 0.2) is 0 Å². The van der Waals surface area contributed by atoms with E-state index in [9.17, 15) is 17.2 Å². The van der Waals surface area contributed by atoms with Crippen molar-refractivity contribution in [1.29, 1.82) is 0 Å². The highest BCUT2D eigenvalue weighted by atomic mass is 32.2. The summed E-state index contributed by atoms with van der Waals surface area (Å²) in [6.45, 7) is -1.06. The number of nitrogens with one attached hydrogen (secondary N) is 1. The molecule has 0 spiro atoms. The Kier molecular flexibility index (Phi) is 2.95. The SMILES string of the molecule is O=S(=O)(O)NCC(F)F. The molecule has 0 amide bonds. The Balaban J connectivity index is 3.53. The molecule has 0 unspecified atom stereocenters. The summed E-state index contributed by atoms with van der Waals surface area (Å²) in [6.07, 6.45) is -2.79. The highest BCUT2D eigenvalue weighted by Crippen LogP contribution is 1.88. The van der Waals surface area contributed by atoms with Gasteiger partial charge in [-0.2, -0.15) is 13.1 Å². The molecule has 0 aliphatic carbocycles. The van der Waals surface area contributed by atoms with Gasteiger partial charge >= 0.3 is 10.3 Å². The van der Waals surface area contributed by atoms with Crippen LogP contribution in [-0.4, -0.2) is 25.9 Å². The van der Waals surface area contributed by atoms with Crippen LogP contribution >= 0.6 is 0 Å². The van der Waals surface area contributed by atoms with E-state index in [2.05, 4.69) is 0 Å². The fourth-order valence-corrected chi connectivity index (χ4v) is 0.505. The van der Waals surface area contributed by atoms with Gasteiger partial charge in [-0.05, 0) is 0 Å². The summed E-state index contributed by atoms with van der Waals surface area (Å²) in [7, 11) is -4.45. The van der Waals surface area contributed by atoms with E-state index in [4.69, 9.17) is 4.55 Å². The quantitative estimate of drug-likeness (QED) is 0.555. The van der Waals surface area contributed by atoms with Crippen LogP contribution in [0.3, 0.4) is 0 Å². The molecule has 4 nitrogen and oxygen atoms in total. The first kappa shape index (κ1) is 8.73. The summed E-state index contributed by atoms with van der Waals surface area (Å²) < 4.78 is 50.5. The van der Waals surface area contributed by atoms with Crippen molar-refractivity contribution < 1.29 is 21.8 Å². The minimum Gasteiger partial charge on any atom is -0.273 e. The fourth-order valence-electron chi connectivity index (χ4n) is 0.168. The van der Waals surface area contributed by atoms with E-state index in [1.165, 1.54) is 4.72 Å². The zero-order valence-electron chi connectivity index (χ0n) is 4.21. The number of hydrogen-bond donors (Lipinski definition) is 2. The normalized spacial score (nSPS) is 12.4. The topological polar surface area (TPSA) is 66.4 Å². The minimum atomic E-state index is -4.45. The molecule has 0 aliphatic rings. The van der Waals surface area contributed by atoms with Crippen LogP contribution in [0.2, 0.25) is 0 Å². The standard InChI is InChI=1S/C2H5F2NO3S/c3-2(4)1-5-9(6,7)8/h2,5H,1H2,(H,6,7,8). The molecule has 0 radical (unpaired) electrons. The predicted octanol–water partition coefficient (Wildman–Crippen LogP) is -0.356. The Labute approximate surface area is 50.7 Å². The Bertz CT molecular complexity index is 165.